The minimum Gasteiger partial charge on any atom is -0.478 e. The second kappa shape index (κ2) is 5.11. The van der Waals surface area contributed by atoms with Gasteiger partial charge in [-0.25, -0.2) is 23.3 Å². The lowest BCUT2D eigenvalue weighted by Crippen LogP contribution is -2.22. The number of primary sulfonamides is 1. The molecular weight excluding hydrogens is 246 g/mol. The zero-order chi connectivity index (χ0) is 13.1. The van der Waals surface area contributed by atoms with Gasteiger partial charge in [-0.2, -0.15) is 0 Å². The van der Waals surface area contributed by atoms with Gasteiger partial charge in [-0.15, -0.1) is 0 Å². The third kappa shape index (κ3) is 4.79. The summed E-state index contributed by atoms with van der Waals surface area (Å²) in [6.07, 6.45) is 0. The first kappa shape index (κ1) is 13.4. The highest BCUT2D eigenvalue weighted by atomic mass is 32.2. The summed E-state index contributed by atoms with van der Waals surface area (Å²) in [4.78, 5) is 14.8. The quantitative estimate of drug-likeness (QED) is 0.672. The molecule has 1 rings (SSSR count). The third-order valence-corrected chi connectivity index (χ3v) is 2.67. The van der Waals surface area contributed by atoms with Crippen molar-refractivity contribution in [2.45, 2.75) is 6.92 Å². The fourth-order valence-electron chi connectivity index (χ4n) is 1.20. The van der Waals surface area contributed by atoms with Crippen molar-refractivity contribution in [3.05, 3.63) is 23.4 Å². The number of hydrogen-bond donors (Lipinski definition) is 3. The highest BCUT2D eigenvalue weighted by Crippen LogP contribution is 2.09. The number of sulfonamides is 1. The molecule has 1 heterocycles. The van der Waals surface area contributed by atoms with E-state index in [0.717, 1.165) is 0 Å². The molecule has 0 unspecified atom stereocenters. The summed E-state index contributed by atoms with van der Waals surface area (Å²) in [5, 5.41) is 16.3. The number of aryl methyl sites for hydroxylation is 1. The maximum atomic E-state index is 10.8. The summed E-state index contributed by atoms with van der Waals surface area (Å²) in [6, 6.07) is 2.76. The molecule has 0 amide bonds. The van der Waals surface area contributed by atoms with Crippen molar-refractivity contribution in [3.8, 4) is 0 Å². The highest BCUT2D eigenvalue weighted by Gasteiger charge is 2.07. The molecule has 7 nitrogen and oxygen atoms in total. The zero-order valence-electron chi connectivity index (χ0n) is 9.17. The molecule has 0 aliphatic rings. The molecule has 0 aliphatic heterocycles. The van der Waals surface area contributed by atoms with E-state index in [-0.39, 0.29) is 17.9 Å². The lowest BCUT2D eigenvalue weighted by molar-refractivity contribution is 0.0696. The Morgan fingerprint density at radius 1 is 1.53 bits per heavy atom. The van der Waals surface area contributed by atoms with Crippen molar-refractivity contribution in [2.75, 3.05) is 17.6 Å². The molecule has 0 fully saturated rings. The van der Waals surface area contributed by atoms with Crippen LogP contribution in [0.5, 0.6) is 0 Å². The monoisotopic (exact) mass is 259 g/mol. The van der Waals surface area contributed by atoms with Crippen LogP contribution in [-0.2, 0) is 10.0 Å². The number of anilines is 1. The number of carboxylic acid groups (broad SMARTS) is 1. The molecule has 0 saturated heterocycles. The lowest BCUT2D eigenvalue weighted by atomic mass is 10.2. The molecule has 4 N–H and O–H groups in total. The van der Waals surface area contributed by atoms with Gasteiger partial charge in [-0.05, 0) is 19.1 Å². The molecule has 0 spiro atoms. The normalized spacial score (nSPS) is 11.2. The number of aromatic nitrogens is 1. The van der Waals surface area contributed by atoms with E-state index in [2.05, 4.69) is 10.3 Å². The van der Waals surface area contributed by atoms with Gasteiger partial charge in [-0.3, -0.25) is 0 Å². The summed E-state index contributed by atoms with van der Waals surface area (Å²) in [5.41, 5.74) is 0.624. The van der Waals surface area contributed by atoms with Gasteiger partial charge in [0.15, 0.2) is 0 Å². The predicted octanol–water partition coefficient (Wildman–Crippen LogP) is -0.211. The molecule has 1 aromatic rings. The van der Waals surface area contributed by atoms with Crippen LogP contribution in [0.1, 0.15) is 16.1 Å². The maximum absolute atomic E-state index is 10.8. The average molecular weight is 259 g/mol. The van der Waals surface area contributed by atoms with Crippen LogP contribution in [0, 0.1) is 6.92 Å². The van der Waals surface area contributed by atoms with E-state index in [0.29, 0.717) is 11.5 Å². The Bertz CT molecular complexity index is 527. The Labute approximate surface area is 98.7 Å². The SMILES string of the molecule is Cc1cc(C(=O)O)cc(NCCS(N)(=O)=O)n1. The number of hydrogen-bond acceptors (Lipinski definition) is 5. The molecule has 1 aromatic heterocycles. The van der Waals surface area contributed by atoms with Crippen LogP contribution >= 0.6 is 0 Å². The van der Waals surface area contributed by atoms with Crippen LogP contribution in [0.3, 0.4) is 0 Å². The van der Waals surface area contributed by atoms with Gasteiger partial charge < -0.3 is 10.4 Å². The Morgan fingerprint density at radius 2 is 2.18 bits per heavy atom. The number of aromatic carboxylic acids is 1. The topological polar surface area (TPSA) is 122 Å². The second-order valence-electron chi connectivity index (χ2n) is 3.48. The Hall–Kier alpha value is -1.67. The van der Waals surface area contributed by atoms with Crippen LogP contribution < -0.4 is 10.5 Å². The Morgan fingerprint density at radius 3 is 2.71 bits per heavy atom. The van der Waals surface area contributed by atoms with Crippen LogP contribution in [-0.4, -0.2) is 36.8 Å². The Kier molecular flexibility index (Phi) is 4.02. The molecule has 0 bridgehead atoms. The number of nitrogens with zero attached hydrogens (tertiary/aromatic N) is 1. The van der Waals surface area contributed by atoms with Crippen molar-refractivity contribution in [1.29, 1.82) is 0 Å². The van der Waals surface area contributed by atoms with E-state index in [1.54, 1.807) is 6.92 Å². The van der Waals surface area contributed by atoms with E-state index in [1.165, 1.54) is 12.1 Å². The highest BCUT2D eigenvalue weighted by molar-refractivity contribution is 7.89. The van der Waals surface area contributed by atoms with Crippen molar-refractivity contribution in [3.63, 3.8) is 0 Å². The molecule has 0 aromatic carbocycles. The molecule has 94 valence electrons. The first-order chi connectivity index (χ1) is 7.78. The second-order valence-corrected chi connectivity index (χ2v) is 5.22. The zero-order valence-corrected chi connectivity index (χ0v) is 9.99. The van der Waals surface area contributed by atoms with E-state index >= 15 is 0 Å². The Balaban J connectivity index is 2.75. The number of carboxylic acids is 1. The first-order valence-corrected chi connectivity index (χ1v) is 6.46. The minimum atomic E-state index is -3.54. The largest absolute Gasteiger partial charge is 0.478 e. The van der Waals surface area contributed by atoms with Crippen LogP contribution in [0.2, 0.25) is 0 Å². The minimum absolute atomic E-state index is 0.0777. The number of nitrogens with one attached hydrogen (secondary N) is 1. The van der Waals surface area contributed by atoms with E-state index in [9.17, 15) is 13.2 Å². The molecule has 0 aliphatic carbocycles. The molecule has 0 radical (unpaired) electrons. The van der Waals surface area contributed by atoms with Crippen LogP contribution in [0.15, 0.2) is 12.1 Å². The van der Waals surface area contributed by atoms with Crippen molar-refractivity contribution >= 4 is 21.8 Å². The number of carbonyl (C=O) groups is 1. The maximum Gasteiger partial charge on any atom is 0.335 e. The van der Waals surface area contributed by atoms with Gasteiger partial charge in [0.1, 0.15) is 5.82 Å². The molecule has 8 heteroatoms. The van der Waals surface area contributed by atoms with E-state index < -0.39 is 16.0 Å². The number of rotatable bonds is 5. The fourth-order valence-corrected chi connectivity index (χ4v) is 1.59. The van der Waals surface area contributed by atoms with Gasteiger partial charge in [0, 0.05) is 12.2 Å². The van der Waals surface area contributed by atoms with Crippen molar-refractivity contribution < 1.29 is 18.3 Å². The van der Waals surface area contributed by atoms with Crippen LogP contribution in [0.25, 0.3) is 0 Å². The van der Waals surface area contributed by atoms with E-state index in [4.69, 9.17) is 10.2 Å². The van der Waals surface area contributed by atoms with Gasteiger partial charge in [0.2, 0.25) is 10.0 Å². The van der Waals surface area contributed by atoms with Crippen molar-refractivity contribution in [1.82, 2.24) is 4.98 Å². The summed E-state index contributed by atoms with van der Waals surface area (Å²) in [5.74, 6) is -0.999. The fraction of sp³-hybridized carbons (Fsp3) is 0.333. The third-order valence-electron chi connectivity index (χ3n) is 1.89. The summed E-state index contributed by atoms with van der Waals surface area (Å²) in [6.45, 7) is 1.73. The predicted molar refractivity (Wildman–Crippen MR) is 62.4 cm³/mol. The van der Waals surface area contributed by atoms with Gasteiger partial charge >= 0.3 is 5.97 Å². The standard InChI is InChI=1S/C9H13N3O4S/c1-6-4-7(9(13)14)5-8(12-6)11-2-3-17(10,15)16/h4-5H,2-3H2,1H3,(H,11,12)(H,13,14)(H2,10,15,16). The lowest BCUT2D eigenvalue weighted by Gasteiger charge is -2.06. The van der Waals surface area contributed by atoms with Crippen molar-refractivity contribution in [2.24, 2.45) is 5.14 Å². The molecule has 17 heavy (non-hydrogen) atoms. The number of pyridine rings is 1. The summed E-state index contributed by atoms with van der Waals surface area (Å²) in [7, 11) is -3.54. The molecule has 0 saturated carbocycles. The average Bonchev–Trinajstić information content (AvgIpc) is 2.14. The van der Waals surface area contributed by atoms with Crippen LogP contribution in [0.4, 0.5) is 5.82 Å². The first-order valence-electron chi connectivity index (χ1n) is 4.74. The number of nitrogens with two attached hydrogens (primary N) is 1. The summed E-state index contributed by atoms with van der Waals surface area (Å²) < 4.78 is 21.4. The molecule has 0 atom stereocenters. The smallest absolute Gasteiger partial charge is 0.335 e. The molecular formula is C9H13N3O4S. The summed E-state index contributed by atoms with van der Waals surface area (Å²) >= 11 is 0. The van der Waals surface area contributed by atoms with Gasteiger partial charge in [0.05, 0.1) is 11.3 Å². The van der Waals surface area contributed by atoms with Gasteiger partial charge in [-0.1, -0.05) is 0 Å². The van der Waals surface area contributed by atoms with Gasteiger partial charge in [0.25, 0.3) is 0 Å². The van der Waals surface area contributed by atoms with E-state index in [1.807, 2.05) is 0 Å².